The van der Waals surface area contributed by atoms with Gasteiger partial charge < -0.3 is 19.5 Å². The Morgan fingerprint density at radius 2 is 1.33 bits per heavy atom. The van der Waals surface area contributed by atoms with E-state index in [0.29, 0.717) is 6.54 Å². The molecular weight excluding hydrogens is 520 g/mol. The third-order valence-electron chi connectivity index (χ3n) is 8.91. The third kappa shape index (κ3) is 6.62. The van der Waals surface area contributed by atoms with Gasteiger partial charge in [-0.2, -0.15) is 0 Å². The molecule has 2 fully saturated rings. The first-order chi connectivity index (χ1) is 20.8. The van der Waals surface area contributed by atoms with Gasteiger partial charge >= 0.3 is 0 Å². The molecule has 220 valence electrons. The number of carbonyl (C=O) groups excluding carboxylic acids is 1. The number of nitrogens with one attached hydrogen (secondary N) is 1. The van der Waals surface area contributed by atoms with E-state index in [0.717, 1.165) is 87.6 Å². The number of para-hydroxylation sites is 1. The Bertz CT molecular complexity index is 1380. The number of rotatable bonds is 11. The summed E-state index contributed by atoms with van der Waals surface area (Å²) < 4.78 is 7.82. The van der Waals surface area contributed by atoms with Gasteiger partial charge in [-0.15, -0.1) is 0 Å². The minimum absolute atomic E-state index is 0.0266. The number of benzene rings is 3. The predicted molar refractivity (Wildman–Crippen MR) is 170 cm³/mol. The van der Waals surface area contributed by atoms with Gasteiger partial charge in [-0.25, -0.2) is 0 Å². The average molecular weight is 565 g/mol. The highest BCUT2D eigenvalue weighted by Gasteiger charge is 2.30. The molecule has 3 aromatic carbocycles. The van der Waals surface area contributed by atoms with Crippen LogP contribution in [0, 0.1) is 0 Å². The number of nitrogens with zero attached hydrogens (tertiary/aromatic N) is 3. The number of hydrogen-bond acceptors (Lipinski definition) is 4. The van der Waals surface area contributed by atoms with Crippen molar-refractivity contribution in [1.82, 2.24) is 19.7 Å². The summed E-state index contributed by atoms with van der Waals surface area (Å²) in [6.45, 7) is 9.22. The third-order valence-corrected chi connectivity index (χ3v) is 8.91. The molecule has 0 radical (unpaired) electrons. The summed E-state index contributed by atoms with van der Waals surface area (Å²) in [5.41, 5.74) is 5.44. The molecular formula is C36H44N4O2. The van der Waals surface area contributed by atoms with E-state index in [1.165, 1.54) is 30.4 Å². The average Bonchev–Trinajstić information content (AvgIpc) is 3.38. The van der Waals surface area contributed by atoms with Gasteiger partial charge in [0.2, 0.25) is 0 Å². The normalized spacial score (nSPS) is 16.7. The lowest BCUT2D eigenvalue weighted by Gasteiger charge is -2.27. The van der Waals surface area contributed by atoms with Crippen molar-refractivity contribution in [2.24, 2.45) is 0 Å². The zero-order chi connectivity index (χ0) is 28.6. The van der Waals surface area contributed by atoms with Gasteiger partial charge in [0.15, 0.2) is 0 Å². The fourth-order valence-corrected chi connectivity index (χ4v) is 6.75. The molecule has 1 N–H and O–H groups in total. The van der Waals surface area contributed by atoms with Gasteiger partial charge in [0, 0.05) is 55.1 Å². The Kier molecular flexibility index (Phi) is 9.65. The van der Waals surface area contributed by atoms with E-state index in [1.54, 1.807) is 0 Å². The highest BCUT2D eigenvalue weighted by molar-refractivity contribution is 6.02. The number of fused-ring (bicyclic) bond motifs is 1. The summed E-state index contributed by atoms with van der Waals surface area (Å²) in [5.74, 6) is -0.0266. The fraction of sp³-hybridized carbons (Fsp3) is 0.417. The number of aromatic nitrogens is 1. The van der Waals surface area contributed by atoms with Gasteiger partial charge in [-0.05, 0) is 56.1 Å². The maximum atomic E-state index is 14.3. The summed E-state index contributed by atoms with van der Waals surface area (Å²) in [6.07, 6.45) is 4.77. The summed E-state index contributed by atoms with van der Waals surface area (Å²) in [5, 5.41) is 4.50. The number of likely N-dealkylation sites (tertiary alicyclic amines) is 1. The van der Waals surface area contributed by atoms with Crippen molar-refractivity contribution in [3.63, 3.8) is 0 Å². The van der Waals surface area contributed by atoms with Crippen LogP contribution in [0.4, 0.5) is 0 Å². The van der Waals surface area contributed by atoms with Gasteiger partial charge in [-0.1, -0.05) is 85.3 Å². The van der Waals surface area contributed by atoms with Crippen LogP contribution in [0.3, 0.4) is 0 Å². The van der Waals surface area contributed by atoms with E-state index in [-0.39, 0.29) is 11.8 Å². The first-order valence-corrected chi connectivity index (χ1v) is 15.8. The van der Waals surface area contributed by atoms with Gasteiger partial charge in [0.25, 0.3) is 5.91 Å². The van der Waals surface area contributed by atoms with E-state index in [9.17, 15) is 4.79 Å². The molecule has 2 saturated heterocycles. The molecule has 6 heteroatoms. The standard InChI is InChI=1S/C36H44N4O2/c41-36(37-19-12-22-39-25-27-42-28-26-39)35-34(33(29-13-4-1-5-14-29)30-15-6-2-7-16-30)31-17-8-9-18-32(31)40(35)24-23-38-20-10-3-11-21-38/h1-2,4-9,13-18,33H,3,10-12,19-28H2,(H,37,41). The van der Waals surface area contributed by atoms with E-state index in [1.807, 2.05) is 0 Å². The predicted octanol–water partition coefficient (Wildman–Crippen LogP) is 5.76. The second kappa shape index (κ2) is 14.1. The molecule has 0 aliphatic carbocycles. The van der Waals surface area contributed by atoms with Crippen LogP contribution in [0.15, 0.2) is 84.9 Å². The van der Waals surface area contributed by atoms with Crippen LogP contribution in [0.1, 0.15) is 58.8 Å². The fourth-order valence-electron chi connectivity index (χ4n) is 6.75. The van der Waals surface area contributed by atoms with Gasteiger partial charge in [0.05, 0.1) is 13.2 Å². The zero-order valence-electron chi connectivity index (χ0n) is 24.7. The summed E-state index contributed by atoms with van der Waals surface area (Å²) >= 11 is 0. The maximum Gasteiger partial charge on any atom is 0.268 e. The summed E-state index contributed by atoms with van der Waals surface area (Å²) in [6, 6.07) is 29.9. The zero-order valence-corrected chi connectivity index (χ0v) is 24.7. The van der Waals surface area contributed by atoms with Crippen LogP contribution >= 0.6 is 0 Å². The number of piperidine rings is 1. The Morgan fingerprint density at radius 1 is 0.714 bits per heavy atom. The molecule has 1 aromatic heterocycles. The number of carbonyl (C=O) groups is 1. The molecule has 2 aliphatic heterocycles. The molecule has 0 saturated carbocycles. The van der Waals surface area contributed by atoms with Gasteiger partial charge in [-0.3, -0.25) is 9.69 Å². The highest BCUT2D eigenvalue weighted by Crippen LogP contribution is 2.40. The Labute approximate surface area is 250 Å². The van der Waals surface area contributed by atoms with Crippen molar-refractivity contribution >= 4 is 16.8 Å². The Balaban J connectivity index is 1.39. The maximum absolute atomic E-state index is 14.3. The molecule has 0 atom stereocenters. The minimum Gasteiger partial charge on any atom is -0.379 e. The Morgan fingerprint density at radius 3 is 2.02 bits per heavy atom. The molecule has 1 amide bonds. The van der Waals surface area contributed by atoms with Gasteiger partial charge in [0.1, 0.15) is 5.69 Å². The number of amides is 1. The van der Waals surface area contributed by atoms with Crippen LogP contribution in [0.5, 0.6) is 0 Å². The van der Waals surface area contributed by atoms with Crippen LogP contribution in [-0.2, 0) is 11.3 Å². The monoisotopic (exact) mass is 564 g/mol. The summed E-state index contributed by atoms with van der Waals surface area (Å²) in [7, 11) is 0. The van der Waals surface area contributed by atoms with Crippen molar-refractivity contribution in [2.75, 3.05) is 59.0 Å². The molecule has 3 heterocycles. The van der Waals surface area contributed by atoms with E-state index in [4.69, 9.17) is 4.74 Å². The lowest BCUT2D eigenvalue weighted by atomic mass is 9.83. The Hall–Kier alpha value is -3.45. The molecule has 6 nitrogen and oxygen atoms in total. The van der Waals surface area contributed by atoms with Crippen molar-refractivity contribution in [1.29, 1.82) is 0 Å². The quantitative estimate of drug-likeness (QED) is 0.236. The van der Waals surface area contributed by atoms with E-state index >= 15 is 0 Å². The van der Waals surface area contributed by atoms with Crippen molar-refractivity contribution in [2.45, 2.75) is 38.1 Å². The SMILES string of the molecule is O=C(NCCCN1CCOCC1)c1c(C(c2ccccc2)c2ccccc2)c2ccccc2n1CCN1CCCCC1. The number of ether oxygens (including phenoxy) is 1. The molecule has 0 unspecified atom stereocenters. The second-order valence-electron chi connectivity index (χ2n) is 11.7. The van der Waals surface area contributed by atoms with Crippen LogP contribution in [0.25, 0.3) is 10.9 Å². The number of morpholine rings is 1. The van der Waals surface area contributed by atoms with Crippen molar-refractivity contribution < 1.29 is 9.53 Å². The molecule has 42 heavy (non-hydrogen) atoms. The van der Waals surface area contributed by atoms with Crippen molar-refractivity contribution in [3.8, 4) is 0 Å². The summed E-state index contributed by atoms with van der Waals surface area (Å²) in [4.78, 5) is 19.3. The lowest BCUT2D eigenvalue weighted by Crippen LogP contribution is -2.38. The molecule has 0 spiro atoms. The van der Waals surface area contributed by atoms with Crippen LogP contribution in [0.2, 0.25) is 0 Å². The molecule has 4 aromatic rings. The molecule has 2 aliphatic rings. The van der Waals surface area contributed by atoms with E-state index in [2.05, 4.69) is 105 Å². The van der Waals surface area contributed by atoms with Crippen LogP contribution in [-0.4, -0.2) is 79.3 Å². The first kappa shape index (κ1) is 28.7. The molecule has 0 bridgehead atoms. The second-order valence-corrected chi connectivity index (χ2v) is 11.7. The first-order valence-electron chi connectivity index (χ1n) is 15.8. The topological polar surface area (TPSA) is 49.7 Å². The molecule has 6 rings (SSSR count). The number of hydrogen-bond donors (Lipinski definition) is 1. The lowest BCUT2D eigenvalue weighted by molar-refractivity contribution is 0.0374. The highest BCUT2D eigenvalue weighted by atomic mass is 16.5. The smallest absolute Gasteiger partial charge is 0.268 e. The minimum atomic E-state index is -0.0531. The largest absolute Gasteiger partial charge is 0.379 e. The van der Waals surface area contributed by atoms with E-state index < -0.39 is 0 Å². The van der Waals surface area contributed by atoms with Crippen molar-refractivity contribution in [3.05, 3.63) is 107 Å². The van der Waals surface area contributed by atoms with Crippen LogP contribution < -0.4 is 5.32 Å².